The minimum atomic E-state index is -0.369. The third-order valence-corrected chi connectivity index (χ3v) is 4.89. The summed E-state index contributed by atoms with van der Waals surface area (Å²) in [6, 6.07) is 22.3. The second kappa shape index (κ2) is 7.75. The van der Waals surface area contributed by atoms with Gasteiger partial charge in [-0.1, -0.05) is 35.4 Å². The molecule has 3 rings (SSSR count). The smallest absolute Gasteiger partial charge is 0.339 e. The van der Waals surface area contributed by atoms with E-state index in [-0.39, 0.29) is 5.97 Å². The average Bonchev–Trinajstić information content (AvgIpc) is 2.65. The topological polar surface area (TPSA) is 29.5 Å². The first kappa shape index (κ1) is 18.2. The van der Waals surface area contributed by atoms with Gasteiger partial charge in [0.1, 0.15) is 0 Å². The maximum absolute atomic E-state index is 12.1. The normalized spacial score (nSPS) is 10.5. The Morgan fingerprint density at radius 3 is 1.73 bits per heavy atom. The lowest BCUT2D eigenvalue weighted by atomic mass is 10.1. The van der Waals surface area contributed by atoms with Gasteiger partial charge in [-0.3, -0.25) is 0 Å². The lowest BCUT2D eigenvalue weighted by molar-refractivity contribution is 0.0599. The summed E-state index contributed by atoms with van der Waals surface area (Å²) in [6.45, 7) is 4.13. The Balaban J connectivity index is 2.16. The van der Waals surface area contributed by atoms with Crippen molar-refractivity contribution < 1.29 is 9.53 Å². The van der Waals surface area contributed by atoms with Crippen LogP contribution in [0.5, 0.6) is 0 Å². The predicted molar refractivity (Wildman–Crippen MR) is 110 cm³/mol. The van der Waals surface area contributed by atoms with E-state index in [1.54, 1.807) is 0 Å². The molecule has 0 aliphatic carbocycles. The van der Waals surface area contributed by atoms with Crippen LogP contribution in [0.4, 0.5) is 17.1 Å². The minimum Gasteiger partial charge on any atom is -0.465 e. The first-order chi connectivity index (χ1) is 12.5. The molecular formula is C22H20BrNO2. The standard InChI is InChI=1S/C22H20BrNO2/c1-15-4-8-17(9-5-15)24(18-10-6-16(2)7-11-18)19-12-13-21(23)20(14-19)22(25)26-3/h4-14H,1-3H3. The van der Waals surface area contributed by atoms with Crippen LogP contribution in [0, 0.1) is 13.8 Å². The fraction of sp³-hybridized carbons (Fsp3) is 0.136. The van der Waals surface area contributed by atoms with Gasteiger partial charge in [-0.2, -0.15) is 0 Å². The van der Waals surface area contributed by atoms with Crippen molar-refractivity contribution in [2.45, 2.75) is 13.8 Å². The molecule has 0 unspecified atom stereocenters. The average molecular weight is 410 g/mol. The highest BCUT2D eigenvalue weighted by molar-refractivity contribution is 9.10. The molecule has 132 valence electrons. The largest absolute Gasteiger partial charge is 0.465 e. The third kappa shape index (κ3) is 3.81. The number of benzene rings is 3. The second-order valence-electron chi connectivity index (χ2n) is 6.16. The quantitative estimate of drug-likeness (QED) is 0.471. The molecule has 0 spiro atoms. The molecule has 0 atom stereocenters. The third-order valence-electron chi connectivity index (χ3n) is 4.20. The summed E-state index contributed by atoms with van der Waals surface area (Å²) >= 11 is 3.43. The van der Waals surface area contributed by atoms with E-state index in [0.29, 0.717) is 10.0 Å². The van der Waals surface area contributed by atoms with Crippen LogP contribution in [0.15, 0.2) is 71.2 Å². The second-order valence-corrected chi connectivity index (χ2v) is 7.02. The molecule has 3 aromatic rings. The highest BCUT2D eigenvalue weighted by Gasteiger charge is 2.17. The molecule has 0 saturated carbocycles. The van der Waals surface area contributed by atoms with E-state index in [2.05, 4.69) is 83.2 Å². The summed E-state index contributed by atoms with van der Waals surface area (Å²) in [5, 5.41) is 0. The monoisotopic (exact) mass is 409 g/mol. The molecule has 0 fully saturated rings. The van der Waals surface area contributed by atoms with Gasteiger partial charge in [-0.05, 0) is 72.2 Å². The van der Waals surface area contributed by atoms with Crippen LogP contribution >= 0.6 is 15.9 Å². The SMILES string of the molecule is COC(=O)c1cc(N(c2ccc(C)cc2)c2ccc(C)cc2)ccc1Br. The zero-order valence-electron chi connectivity index (χ0n) is 15.0. The lowest BCUT2D eigenvalue weighted by Crippen LogP contribution is -2.11. The summed E-state index contributed by atoms with van der Waals surface area (Å²) in [5.41, 5.74) is 5.83. The van der Waals surface area contributed by atoms with E-state index in [0.717, 1.165) is 17.1 Å². The zero-order chi connectivity index (χ0) is 18.7. The van der Waals surface area contributed by atoms with E-state index < -0.39 is 0 Å². The van der Waals surface area contributed by atoms with E-state index >= 15 is 0 Å². The van der Waals surface area contributed by atoms with Gasteiger partial charge in [0.25, 0.3) is 0 Å². The Bertz CT molecular complexity index is 872. The molecule has 3 nitrogen and oxygen atoms in total. The molecular weight excluding hydrogens is 390 g/mol. The van der Waals surface area contributed by atoms with Crippen molar-refractivity contribution in [2.75, 3.05) is 12.0 Å². The van der Waals surface area contributed by atoms with Crippen molar-refractivity contribution in [2.24, 2.45) is 0 Å². The number of aryl methyl sites for hydroxylation is 2. The molecule has 0 aliphatic rings. The van der Waals surface area contributed by atoms with E-state index in [9.17, 15) is 4.79 Å². The molecule has 0 radical (unpaired) electrons. The maximum Gasteiger partial charge on any atom is 0.339 e. The molecule has 0 heterocycles. The van der Waals surface area contributed by atoms with Crippen LogP contribution in [0.1, 0.15) is 21.5 Å². The van der Waals surface area contributed by atoms with Crippen LogP contribution in [-0.2, 0) is 4.74 Å². The van der Waals surface area contributed by atoms with Gasteiger partial charge in [0.2, 0.25) is 0 Å². The van der Waals surface area contributed by atoms with E-state index in [4.69, 9.17) is 4.74 Å². The van der Waals surface area contributed by atoms with Crippen molar-refractivity contribution in [1.82, 2.24) is 0 Å². The van der Waals surface area contributed by atoms with Crippen molar-refractivity contribution in [3.8, 4) is 0 Å². The molecule has 4 heteroatoms. The lowest BCUT2D eigenvalue weighted by Gasteiger charge is -2.26. The number of carbonyl (C=O) groups excluding carboxylic acids is 1. The van der Waals surface area contributed by atoms with Crippen molar-refractivity contribution >= 4 is 39.0 Å². The number of methoxy groups -OCH3 is 1. The number of rotatable bonds is 4. The van der Waals surface area contributed by atoms with Gasteiger partial charge in [0.15, 0.2) is 0 Å². The predicted octanol–water partition coefficient (Wildman–Crippen LogP) is 6.32. The summed E-state index contributed by atoms with van der Waals surface area (Å²) in [7, 11) is 1.39. The van der Waals surface area contributed by atoms with Gasteiger partial charge in [0.05, 0.1) is 12.7 Å². The Kier molecular flexibility index (Phi) is 5.43. The molecule has 0 saturated heterocycles. The Morgan fingerprint density at radius 2 is 1.27 bits per heavy atom. The van der Waals surface area contributed by atoms with Crippen LogP contribution in [0.3, 0.4) is 0 Å². The number of nitrogens with zero attached hydrogens (tertiary/aromatic N) is 1. The fourth-order valence-electron chi connectivity index (χ4n) is 2.75. The van der Waals surface area contributed by atoms with Crippen molar-refractivity contribution in [3.05, 3.63) is 87.9 Å². The van der Waals surface area contributed by atoms with Crippen LogP contribution < -0.4 is 4.90 Å². The molecule has 3 aromatic carbocycles. The number of hydrogen-bond acceptors (Lipinski definition) is 3. The number of hydrogen-bond donors (Lipinski definition) is 0. The van der Waals surface area contributed by atoms with Gasteiger partial charge in [-0.25, -0.2) is 4.79 Å². The van der Waals surface area contributed by atoms with Gasteiger partial charge < -0.3 is 9.64 Å². The highest BCUT2D eigenvalue weighted by atomic mass is 79.9. The zero-order valence-corrected chi connectivity index (χ0v) is 16.6. The van der Waals surface area contributed by atoms with Gasteiger partial charge in [-0.15, -0.1) is 0 Å². The van der Waals surface area contributed by atoms with Gasteiger partial charge >= 0.3 is 5.97 Å². The van der Waals surface area contributed by atoms with Crippen molar-refractivity contribution in [1.29, 1.82) is 0 Å². The molecule has 0 N–H and O–H groups in total. The molecule has 0 aliphatic heterocycles. The fourth-order valence-corrected chi connectivity index (χ4v) is 3.16. The Hall–Kier alpha value is -2.59. The molecule has 26 heavy (non-hydrogen) atoms. The first-order valence-corrected chi connectivity index (χ1v) is 9.10. The van der Waals surface area contributed by atoms with Gasteiger partial charge in [0, 0.05) is 21.5 Å². The Labute approximate surface area is 162 Å². The number of esters is 1. The minimum absolute atomic E-state index is 0.369. The number of anilines is 3. The molecule has 0 amide bonds. The maximum atomic E-state index is 12.1. The molecule has 0 bridgehead atoms. The first-order valence-electron chi connectivity index (χ1n) is 8.31. The Morgan fingerprint density at radius 1 is 0.808 bits per heavy atom. The summed E-state index contributed by atoms with van der Waals surface area (Å²) in [6.07, 6.45) is 0. The number of halogens is 1. The van der Waals surface area contributed by atoms with E-state index in [1.165, 1.54) is 18.2 Å². The molecule has 0 aromatic heterocycles. The van der Waals surface area contributed by atoms with Crippen molar-refractivity contribution in [3.63, 3.8) is 0 Å². The summed E-state index contributed by atoms with van der Waals surface area (Å²) < 4.78 is 5.62. The summed E-state index contributed by atoms with van der Waals surface area (Å²) in [4.78, 5) is 14.2. The van der Waals surface area contributed by atoms with Crippen LogP contribution in [-0.4, -0.2) is 13.1 Å². The highest BCUT2D eigenvalue weighted by Crippen LogP contribution is 2.36. The number of carbonyl (C=O) groups is 1. The summed E-state index contributed by atoms with van der Waals surface area (Å²) in [5.74, 6) is -0.369. The number of ether oxygens (including phenoxy) is 1. The van der Waals surface area contributed by atoms with Crippen LogP contribution in [0.25, 0.3) is 0 Å². The van der Waals surface area contributed by atoms with Crippen LogP contribution in [0.2, 0.25) is 0 Å². The van der Waals surface area contributed by atoms with E-state index in [1.807, 2.05) is 18.2 Å².